The van der Waals surface area contributed by atoms with Crippen LogP contribution < -0.4 is 9.64 Å². The van der Waals surface area contributed by atoms with E-state index in [0.29, 0.717) is 0 Å². The predicted octanol–water partition coefficient (Wildman–Crippen LogP) is 1.33. The second-order valence-electron chi connectivity index (χ2n) is 3.20. The Kier molecular flexibility index (Phi) is 2.89. The summed E-state index contributed by atoms with van der Waals surface area (Å²) in [4.78, 5) is 2.26. The molecule has 0 N–H and O–H groups in total. The topological polar surface area (TPSA) is 21.7 Å². The van der Waals surface area contributed by atoms with Gasteiger partial charge in [0.2, 0.25) is 0 Å². The molecule has 1 radical (unpaired) electrons. The smallest absolute Gasteiger partial charge is 0.142 e. The number of rotatable bonds is 2. The maximum absolute atomic E-state index is 5.30. The van der Waals surface area contributed by atoms with Crippen molar-refractivity contribution in [2.24, 2.45) is 0 Å². The summed E-state index contributed by atoms with van der Waals surface area (Å²) >= 11 is 0. The molecule has 0 amide bonds. The van der Waals surface area contributed by atoms with Crippen molar-refractivity contribution < 1.29 is 9.47 Å². The zero-order chi connectivity index (χ0) is 9.80. The minimum Gasteiger partial charge on any atom is -0.495 e. The molecule has 0 bridgehead atoms. The zero-order valence-corrected chi connectivity index (χ0v) is 8.32. The summed E-state index contributed by atoms with van der Waals surface area (Å²) < 4.78 is 10.6. The Morgan fingerprint density at radius 3 is 2.93 bits per heavy atom. The van der Waals surface area contributed by atoms with E-state index in [9.17, 15) is 0 Å². The lowest BCUT2D eigenvalue weighted by molar-refractivity contribution is 0.122. The van der Waals surface area contributed by atoms with Crippen molar-refractivity contribution in [2.75, 3.05) is 38.3 Å². The van der Waals surface area contributed by atoms with E-state index in [1.165, 1.54) is 0 Å². The third-order valence-corrected chi connectivity index (χ3v) is 2.38. The number of hydrogen-bond donors (Lipinski definition) is 0. The third-order valence-electron chi connectivity index (χ3n) is 2.38. The van der Waals surface area contributed by atoms with Crippen LogP contribution in [0.25, 0.3) is 0 Å². The highest BCUT2D eigenvalue weighted by Gasteiger charge is 2.14. The van der Waals surface area contributed by atoms with Gasteiger partial charge in [0.25, 0.3) is 0 Å². The van der Waals surface area contributed by atoms with E-state index in [0.717, 1.165) is 37.7 Å². The van der Waals surface area contributed by atoms with Gasteiger partial charge in [-0.2, -0.15) is 0 Å². The molecule has 1 aliphatic rings. The molecule has 75 valence electrons. The maximum Gasteiger partial charge on any atom is 0.142 e. The summed E-state index contributed by atoms with van der Waals surface area (Å²) in [7, 11) is 1.69. The van der Waals surface area contributed by atoms with E-state index in [1.807, 2.05) is 18.2 Å². The molecule has 1 heterocycles. The number of hydrogen-bond acceptors (Lipinski definition) is 3. The Hall–Kier alpha value is -1.22. The number of methoxy groups -OCH3 is 1. The molecule has 14 heavy (non-hydrogen) atoms. The predicted molar refractivity (Wildman–Crippen MR) is 54.9 cm³/mol. The number of ether oxygens (including phenoxy) is 2. The van der Waals surface area contributed by atoms with Crippen LogP contribution in [0.15, 0.2) is 18.2 Å². The van der Waals surface area contributed by atoms with Gasteiger partial charge in [-0.1, -0.05) is 6.07 Å². The van der Waals surface area contributed by atoms with Crippen LogP contribution in [0.2, 0.25) is 0 Å². The van der Waals surface area contributed by atoms with Gasteiger partial charge in [-0.05, 0) is 18.2 Å². The van der Waals surface area contributed by atoms with Crippen molar-refractivity contribution in [3.05, 3.63) is 24.3 Å². The summed E-state index contributed by atoms with van der Waals surface area (Å²) in [5, 5.41) is 0. The number of nitrogens with zero attached hydrogens (tertiary/aromatic N) is 1. The molecule has 0 aromatic heterocycles. The molecule has 1 saturated heterocycles. The molecule has 0 spiro atoms. The lowest BCUT2D eigenvalue weighted by Crippen LogP contribution is -2.36. The first-order valence-corrected chi connectivity index (χ1v) is 4.78. The second kappa shape index (κ2) is 4.33. The lowest BCUT2D eigenvalue weighted by Gasteiger charge is -2.29. The quantitative estimate of drug-likeness (QED) is 0.705. The molecule has 1 aromatic rings. The highest BCUT2D eigenvalue weighted by atomic mass is 16.5. The van der Waals surface area contributed by atoms with Crippen LogP contribution >= 0.6 is 0 Å². The number of benzene rings is 1. The Morgan fingerprint density at radius 1 is 1.43 bits per heavy atom. The van der Waals surface area contributed by atoms with E-state index in [1.54, 1.807) is 7.11 Å². The first-order chi connectivity index (χ1) is 6.92. The summed E-state index contributed by atoms with van der Waals surface area (Å²) in [6.45, 7) is 3.43. The summed E-state index contributed by atoms with van der Waals surface area (Å²) in [6, 6.07) is 8.83. The molecular formula is C11H14NO2. The Balaban J connectivity index is 2.20. The third kappa shape index (κ3) is 1.82. The van der Waals surface area contributed by atoms with Gasteiger partial charge >= 0.3 is 0 Å². The fraction of sp³-hybridized carbons (Fsp3) is 0.455. The van der Waals surface area contributed by atoms with Crippen LogP contribution in [-0.2, 0) is 4.74 Å². The van der Waals surface area contributed by atoms with Crippen LogP contribution in [0, 0.1) is 6.07 Å². The fourth-order valence-corrected chi connectivity index (χ4v) is 1.63. The van der Waals surface area contributed by atoms with Crippen LogP contribution in [0.3, 0.4) is 0 Å². The molecule has 1 fully saturated rings. The fourth-order valence-electron chi connectivity index (χ4n) is 1.63. The monoisotopic (exact) mass is 192 g/mol. The molecule has 0 atom stereocenters. The van der Waals surface area contributed by atoms with E-state index < -0.39 is 0 Å². The van der Waals surface area contributed by atoms with Gasteiger partial charge in [0, 0.05) is 13.1 Å². The number of morpholine rings is 1. The first kappa shape index (κ1) is 9.34. The highest BCUT2D eigenvalue weighted by molar-refractivity contribution is 5.58. The molecule has 0 unspecified atom stereocenters. The van der Waals surface area contributed by atoms with Gasteiger partial charge < -0.3 is 14.4 Å². The van der Waals surface area contributed by atoms with E-state index in [-0.39, 0.29) is 0 Å². The van der Waals surface area contributed by atoms with Crippen molar-refractivity contribution in [1.29, 1.82) is 0 Å². The normalized spacial score (nSPS) is 16.8. The van der Waals surface area contributed by atoms with Crippen molar-refractivity contribution in [1.82, 2.24) is 0 Å². The SMILES string of the molecule is COc1cc[c]cc1N1CCOCC1. The summed E-state index contributed by atoms with van der Waals surface area (Å²) in [6.07, 6.45) is 0. The molecule has 1 aliphatic heterocycles. The zero-order valence-electron chi connectivity index (χ0n) is 8.32. The molecule has 3 nitrogen and oxygen atoms in total. The largest absolute Gasteiger partial charge is 0.495 e. The first-order valence-electron chi connectivity index (χ1n) is 4.78. The van der Waals surface area contributed by atoms with Crippen LogP contribution in [0.5, 0.6) is 5.75 Å². The highest BCUT2D eigenvalue weighted by Crippen LogP contribution is 2.27. The van der Waals surface area contributed by atoms with Gasteiger partial charge in [0.05, 0.1) is 26.0 Å². The second-order valence-corrected chi connectivity index (χ2v) is 3.20. The molecular weight excluding hydrogens is 178 g/mol. The van der Waals surface area contributed by atoms with Crippen LogP contribution in [0.1, 0.15) is 0 Å². The average molecular weight is 192 g/mol. The van der Waals surface area contributed by atoms with Gasteiger partial charge in [-0.15, -0.1) is 0 Å². The van der Waals surface area contributed by atoms with Gasteiger partial charge in [-0.3, -0.25) is 0 Å². The van der Waals surface area contributed by atoms with Gasteiger partial charge in [0.15, 0.2) is 0 Å². The molecule has 0 saturated carbocycles. The molecule has 0 aliphatic carbocycles. The Morgan fingerprint density at radius 2 is 2.21 bits per heavy atom. The van der Waals surface area contributed by atoms with Crippen LogP contribution in [-0.4, -0.2) is 33.4 Å². The van der Waals surface area contributed by atoms with Crippen molar-refractivity contribution in [3.8, 4) is 5.75 Å². The Labute approximate surface area is 84.2 Å². The van der Waals surface area contributed by atoms with Crippen LogP contribution in [0.4, 0.5) is 5.69 Å². The lowest BCUT2D eigenvalue weighted by atomic mass is 10.2. The summed E-state index contributed by atoms with van der Waals surface area (Å²) in [5.41, 5.74) is 1.11. The maximum atomic E-state index is 5.30. The van der Waals surface area contributed by atoms with Crippen molar-refractivity contribution in [2.45, 2.75) is 0 Å². The van der Waals surface area contributed by atoms with E-state index >= 15 is 0 Å². The van der Waals surface area contributed by atoms with E-state index in [2.05, 4.69) is 11.0 Å². The average Bonchev–Trinajstić information content (AvgIpc) is 2.30. The summed E-state index contributed by atoms with van der Waals surface area (Å²) in [5.74, 6) is 0.908. The Bertz CT molecular complexity index is 295. The standard InChI is InChI=1S/C11H14NO2/c1-13-11-5-3-2-4-10(11)12-6-8-14-9-7-12/h3-5H,6-9H2,1H3. The van der Waals surface area contributed by atoms with Crippen molar-refractivity contribution in [3.63, 3.8) is 0 Å². The molecule has 2 rings (SSSR count). The molecule has 3 heteroatoms. The number of anilines is 1. The minimum atomic E-state index is 0.790. The van der Waals surface area contributed by atoms with Gasteiger partial charge in [-0.25, -0.2) is 0 Å². The van der Waals surface area contributed by atoms with E-state index in [4.69, 9.17) is 9.47 Å². The minimum absolute atomic E-state index is 0.790. The van der Waals surface area contributed by atoms with Crippen molar-refractivity contribution >= 4 is 5.69 Å². The molecule has 1 aromatic carbocycles. The van der Waals surface area contributed by atoms with Gasteiger partial charge in [0.1, 0.15) is 5.75 Å².